The van der Waals surface area contributed by atoms with Crippen molar-refractivity contribution in [3.05, 3.63) is 35.4 Å². The lowest BCUT2D eigenvalue weighted by Crippen LogP contribution is -2.47. The summed E-state index contributed by atoms with van der Waals surface area (Å²) in [5, 5.41) is 3.40. The van der Waals surface area contributed by atoms with Gasteiger partial charge in [0.25, 0.3) is 0 Å². The molecule has 1 aromatic rings. The molecular formula is C16H23NO2. The molecule has 0 spiro atoms. The molecule has 1 aliphatic carbocycles. The molecule has 0 amide bonds. The zero-order valence-corrected chi connectivity index (χ0v) is 11.9. The fourth-order valence-corrected chi connectivity index (χ4v) is 2.49. The minimum Gasteiger partial charge on any atom is -0.466 e. The fourth-order valence-electron chi connectivity index (χ4n) is 2.49. The molecule has 0 saturated heterocycles. The number of hydrogen-bond acceptors (Lipinski definition) is 3. The first kappa shape index (κ1) is 14.1. The van der Waals surface area contributed by atoms with E-state index in [1.165, 1.54) is 11.1 Å². The molecule has 19 heavy (non-hydrogen) atoms. The Labute approximate surface area is 115 Å². The van der Waals surface area contributed by atoms with Crippen LogP contribution in [0, 0.1) is 12.3 Å². The standard InChI is InChI=1S/C16H23NO2/c1-3-19-15(18)16(9-4-10-16)12-17-11-14-7-5-13(2)6-8-14/h5-8,17H,3-4,9-12H2,1-2H3. The van der Waals surface area contributed by atoms with Gasteiger partial charge in [-0.3, -0.25) is 4.79 Å². The van der Waals surface area contributed by atoms with Gasteiger partial charge in [0.1, 0.15) is 0 Å². The second kappa shape index (κ2) is 6.20. The van der Waals surface area contributed by atoms with E-state index in [4.69, 9.17) is 4.74 Å². The van der Waals surface area contributed by atoms with Gasteiger partial charge in [0.2, 0.25) is 0 Å². The number of carbonyl (C=O) groups is 1. The average Bonchev–Trinajstić information content (AvgIpc) is 2.35. The second-order valence-electron chi connectivity index (χ2n) is 5.44. The number of benzene rings is 1. The first-order valence-corrected chi connectivity index (χ1v) is 7.10. The highest BCUT2D eigenvalue weighted by molar-refractivity contribution is 5.78. The molecule has 1 aliphatic rings. The summed E-state index contributed by atoms with van der Waals surface area (Å²) >= 11 is 0. The smallest absolute Gasteiger partial charge is 0.313 e. The Hall–Kier alpha value is -1.35. The number of aryl methyl sites for hydroxylation is 1. The Balaban J connectivity index is 1.83. The lowest BCUT2D eigenvalue weighted by Gasteiger charge is -2.39. The molecule has 0 bridgehead atoms. The van der Waals surface area contributed by atoms with Gasteiger partial charge in [0.05, 0.1) is 12.0 Å². The van der Waals surface area contributed by atoms with Gasteiger partial charge in [-0.15, -0.1) is 0 Å². The summed E-state index contributed by atoms with van der Waals surface area (Å²) in [5.41, 5.74) is 2.26. The van der Waals surface area contributed by atoms with Crippen LogP contribution in [-0.2, 0) is 16.1 Å². The van der Waals surface area contributed by atoms with Gasteiger partial charge < -0.3 is 10.1 Å². The zero-order chi connectivity index (χ0) is 13.7. The third-order valence-corrected chi connectivity index (χ3v) is 3.93. The SMILES string of the molecule is CCOC(=O)C1(CNCc2ccc(C)cc2)CCC1. The highest BCUT2D eigenvalue weighted by Gasteiger charge is 2.44. The van der Waals surface area contributed by atoms with Crippen LogP contribution in [0.1, 0.15) is 37.3 Å². The van der Waals surface area contributed by atoms with Crippen LogP contribution in [0.25, 0.3) is 0 Å². The Morgan fingerprint density at radius 3 is 2.53 bits per heavy atom. The van der Waals surface area contributed by atoms with Crippen LogP contribution in [-0.4, -0.2) is 19.1 Å². The van der Waals surface area contributed by atoms with Crippen LogP contribution in [0.4, 0.5) is 0 Å². The van der Waals surface area contributed by atoms with Crippen molar-refractivity contribution < 1.29 is 9.53 Å². The normalized spacial score (nSPS) is 16.7. The highest BCUT2D eigenvalue weighted by Crippen LogP contribution is 2.41. The lowest BCUT2D eigenvalue weighted by atomic mass is 9.68. The van der Waals surface area contributed by atoms with Gasteiger partial charge in [0, 0.05) is 13.1 Å². The van der Waals surface area contributed by atoms with E-state index in [1.807, 2.05) is 6.92 Å². The monoisotopic (exact) mass is 261 g/mol. The first-order valence-electron chi connectivity index (χ1n) is 7.10. The van der Waals surface area contributed by atoms with E-state index in [0.717, 1.165) is 32.4 Å². The Morgan fingerprint density at radius 2 is 2.00 bits per heavy atom. The van der Waals surface area contributed by atoms with Crippen molar-refractivity contribution in [2.75, 3.05) is 13.2 Å². The second-order valence-corrected chi connectivity index (χ2v) is 5.44. The summed E-state index contributed by atoms with van der Waals surface area (Å²) in [6.07, 6.45) is 3.03. The molecule has 3 heteroatoms. The van der Waals surface area contributed by atoms with Crippen molar-refractivity contribution in [1.82, 2.24) is 5.32 Å². The van der Waals surface area contributed by atoms with Crippen LogP contribution in [0.2, 0.25) is 0 Å². The fraction of sp³-hybridized carbons (Fsp3) is 0.562. The van der Waals surface area contributed by atoms with Gasteiger partial charge in [-0.2, -0.15) is 0 Å². The van der Waals surface area contributed by atoms with Crippen LogP contribution >= 0.6 is 0 Å². The number of hydrogen-bond donors (Lipinski definition) is 1. The number of esters is 1. The van der Waals surface area contributed by atoms with Crippen molar-refractivity contribution in [1.29, 1.82) is 0 Å². The molecule has 0 aromatic heterocycles. The average molecular weight is 261 g/mol. The first-order chi connectivity index (χ1) is 9.16. The van der Waals surface area contributed by atoms with E-state index in [2.05, 4.69) is 36.5 Å². The molecule has 0 aliphatic heterocycles. The molecule has 1 aromatic carbocycles. The van der Waals surface area contributed by atoms with Crippen molar-refractivity contribution in [2.45, 2.75) is 39.7 Å². The highest BCUT2D eigenvalue weighted by atomic mass is 16.5. The Morgan fingerprint density at radius 1 is 1.32 bits per heavy atom. The van der Waals surface area contributed by atoms with Crippen LogP contribution in [0.3, 0.4) is 0 Å². The van der Waals surface area contributed by atoms with E-state index in [-0.39, 0.29) is 11.4 Å². The van der Waals surface area contributed by atoms with Crippen molar-refractivity contribution in [3.8, 4) is 0 Å². The third-order valence-electron chi connectivity index (χ3n) is 3.93. The Kier molecular flexibility index (Phi) is 4.59. The maximum atomic E-state index is 12.0. The summed E-state index contributed by atoms with van der Waals surface area (Å²) < 4.78 is 5.19. The molecule has 1 N–H and O–H groups in total. The van der Waals surface area contributed by atoms with Gasteiger partial charge in [-0.05, 0) is 32.3 Å². The molecule has 1 fully saturated rings. The summed E-state index contributed by atoms with van der Waals surface area (Å²) in [7, 11) is 0. The van der Waals surface area contributed by atoms with Crippen LogP contribution < -0.4 is 5.32 Å². The molecule has 0 heterocycles. The molecule has 104 valence electrons. The number of rotatable bonds is 6. The molecule has 0 unspecified atom stereocenters. The number of nitrogens with one attached hydrogen (secondary N) is 1. The Bertz CT molecular complexity index is 421. The molecule has 2 rings (SSSR count). The maximum Gasteiger partial charge on any atom is 0.313 e. The molecular weight excluding hydrogens is 238 g/mol. The summed E-state index contributed by atoms with van der Waals surface area (Å²) in [5.74, 6) is -0.0299. The van der Waals surface area contributed by atoms with Gasteiger partial charge >= 0.3 is 5.97 Å². The van der Waals surface area contributed by atoms with E-state index < -0.39 is 0 Å². The number of carbonyl (C=O) groups excluding carboxylic acids is 1. The van der Waals surface area contributed by atoms with E-state index in [1.54, 1.807) is 0 Å². The van der Waals surface area contributed by atoms with E-state index in [0.29, 0.717) is 6.61 Å². The minimum absolute atomic E-state index is 0.0299. The predicted molar refractivity (Wildman–Crippen MR) is 75.8 cm³/mol. The van der Waals surface area contributed by atoms with Gasteiger partial charge in [0.15, 0.2) is 0 Å². The summed E-state index contributed by atoms with van der Waals surface area (Å²) in [4.78, 5) is 12.0. The maximum absolute atomic E-state index is 12.0. The van der Waals surface area contributed by atoms with Crippen molar-refractivity contribution in [3.63, 3.8) is 0 Å². The third kappa shape index (κ3) is 3.35. The molecule has 0 radical (unpaired) electrons. The summed E-state index contributed by atoms with van der Waals surface area (Å²) in [6.45, 7) is 5.95. The predicted octanol–water partition coefficient (Wildman–Crippen LogP) is 2.82. The van der Waals surface area contributed by atoms with Gasteiger partial charge in [-0.25, -0.2) is 0 Å². The molecule has 0 atom stereocenters. The van der Waals surface area contributed by atoms with E-state index >= 15 is 0 Å². The lowest BCUT2D eigenvalue weighted by molar-refractivity contribution is -0.160. The zero-order valence-electron chi connectivity index (χ0n) is 11.9. The van der Waals surface area contributed by atoms with E-state index in [9.17, 15) is 4.79 Å². The topological polar surface area (TPSA) is 38.3 Å². The summed E-state index contributed by atoms with van der Waals surface area (Å²) in [6, 6.07) is 8.48. The minimum atomic E-state index is -0.263. The van der Waals surface area contributed by atoms with Crippen molar-refractivity contribution in [2.24, 2.45) is 5.41 Å². The molecule has 3 nitrogen and oxygen atoms in total. The van der Waals surface area contributed by atoms with Crippen LogP contribution in [0.15, 0.2) is 24.3 Å². The van der Waals surface area contributed by atoms with Crippen LogP contribution in [0.5, 0.6) is 0 Å². The van der Waals surface area contributed by atoms with Crippen molar-refractivity contribution >= 4 is 5.97 Å². The largest absolute Gasteiger partial charge is 0.466 e. The van der Waals surface area contributed by atoms with Gasteiger partial charge in [-0.1, -0.05) is 36.2 Å². The molecule has 1 saturated carbocycles. The number of ether oxygens (including phenoxy) is 1. The quantitative estimate of drug-likeness (QED) is 0.800.